The molecule has 0 saturated heterocycles. The van der Waals surface area contributed by atoms with E-state index in [4.69, 9.17) is 14.2 Å². The maximum Gasteiger partial charge on any atom is 0.241 e. The van der Waals surface area contributed by atoms with E-state index >= 15 is 0 Å². The van der Waals surface area contributed by atoms with Crippen LogP contribution in [-0.4, -0.2) is 0 Å². The van der Waals surface area contributed by atoms with Gasteiger partial charge in [0.2, 0.25) is 5.63 Å². The zero-order valence-corrected chi connectivity index (χ0v) is 19.9. The molecule has 0 unspecified atom stereocenters. The zero-order chi connectivity index (χ0) is 22.6. The Balaban J connectivity index is 0. The van der Waals surface area contributed by atoms with Crippen molar-refractivity contribution in [3.63, 3.8) is 0 Å². The second-order valence-corrected chi connectivity index (χ2v) is 7.55. The molecule has 0 bridgehead atoms. The van der Waals surface area contributed by atoms with E-state index in [0.717, 1.165) is 47.1 Å². The van der Waals surface area contributed by atoms with Gasteiger partial charge in [0.05, 0.1) is 5.76 Å². The summed E-state index contributed by atoms with van der Waals surface area (Å²) in [4.78, 5) is 26.1. The van der Waals surface area contributed by atoms with Crippen LogP contribution in [-0.2, 0) is 23.8 Å². The van der Waals surface area contributed by atoms with Gasteiger partial charge in [0, 0.05) is 17.4 Å². The van der Waals surface area contributed by atoms with Crippen molar-refractivity contribution in [1.29, 1.82) is 11.2 Å². The largest absolute Gasteiger partial charge is 0.456 e. The summed E-state index contributed by atoms with van der Waals surface area (Å²) in [7, 11) is 0. The number of nitroso groups, excluding NO2 is 2. The fourth-order valence-corrected chi connectivity index (χ4v) is 3.89. The minimum absolute atomic E-state index is 0. The van der Waals surface area contributed by atoms with Gasteiger partial charge in [0.15, 0.2) is 0 Å². The molecule has 0 spiro atoms. The van der Waals surface area contributed by atoms with Crippen LogP contribution in [0.3, 0.4) is 0 Å². The summed E-state index contributed by atoms with van der Waals surface area (Å²) < 4.78 is 5.17. The van der Waals surface area contributed by atoms with Crippen molar-refractivity contribution < 1.29 is 21.8 Å². The molecule has 7 heteroatoms. The van der Waals surface area contributed by atoms with Gasteiger partial charge < -0.3 is 4.42 Å². The summed E-state index contributed by atoms with van der Waals surface area (Å²) in [5, 5.41) is 0. The van der Waals surface area contributed by atoms with E-state index in [1.54, 1.807) is 6.07 Å². The van der Waals surface area contributed by atoms with Gasteiger partial charge in [-0.05, 0) is 35.2 Å². The maximum atomic E-state index is 11.1. The molecule has 1 aromatic carbocycles. The van der Waals surface area contributed by atoms with Gasteiger partial charge >= 0.3 is 0 Å². The third-order valence-corrected chi connectivity index (χ3v) is 6.41. The first-order chi connectivity index (χ1) is 13.9. The monoisotopic (exact) mass is 453 g/mol. The zero-order valence-electron chi connectivity index (χ0n) is 18.6. The van der Waals surface area contributed by atoms with Crippen molar-refractivity contribution >= 4 is 0 Å². The average molecular weight is 454 g/mol. The van der Waals surface area contributed by atoms with Gasteiger partial charge in [0.1, 0.15) is 0 Å². The van der Waals surface area contributed by atoms with Crippen LogP contribution in [0.4, 0.5) is 0 Å². The van der Waals surface area contributed by atoms with Crippen molar-refractivity contribution in [2.24, 2.45) is 29.6 Å². The fourth-order valence-electron chi connectivity index (χ4n) is 3.89. The number of hydrogen-bond acceptors (Lipinski definition) is 6. The number of nitrogens with one attached hydrogen (secondary N) is 2. The molecule has 0 radical (unpaired) electrons. The van der Waals surface area contributed by atoms with Crippen LogP contribution in [0.5, 0.6) is 0 Å². The summed E-state index contributed by atoms with van der Waals surface area (Å²) in [5.74, 6) is 5.33. The second kappa shape index (κ2) is 15.7. The van der Waals surface area contributed by atoms with E-state index in [0.29, 0.717) is 5.76 Å². The molecule has 1 aliphatic rings. The van der Waals surface area contributed by atoms with Gasteiger partial charge in [0.25, 0.3) is 0 Å². The molecule has 3 rings (SSSR count). The number of aryl methyl sites for hydroxylation is 1. The van der Waals surface area contributed by atoms with Crippen LogP contribution in [0.25, 0.3) is 11.3 Å². The molecule has 0 aliphatic heterocycles. The van der Waals surface area contributed by atoms with Crippen molar-refractivity contribution in [2.45, 2.75) is 48.0 Å². The molecule has 2 N–H and O–H groups in total. The first-order valence-corrected chi connectivity index (χ1v) is 9.87. The van der Waals surface area contributed by atoms with Crippen molar-refractivity contribution in [1.82, 2.24) is 0 Å². The molecule has 30 heavy (non-hydrogen) atoms. The van der Waals surface area contributed by atoms with Crippen LogP contribution >= 0.6 is 0 Å². The molecule has 1 aliphatic carbocycles. The Bertz CT molecular complexity index is 722. The van der Waals surface area contributed by atoms with Gasteiger partial charge in [-0.15, -0.1) is 0 Å². The molecule has 6 nitrogen and oxygen atoms in total. The fraction of sp³-hybridized carbons (Fsp3) is 0.522. The standard InChI is InChI=1S/C13H11O2.C10H20.Cr.2HNO/c1-2-10-8-9-12(14)15-13(10)11-6-4-3-5-7-11;1-6-7(2)9(4)10(5)8(6)3;;2*1-2/h3-8H,2H2,1H3;6-10H,1-5H3;;2*1H/q-1;;;;. The molecule has 0 amide bonds. The van der Waals surface area contributed by atoms with E-state index in [9.17, 15) is 4.79 Å². The van der Waals surface area contributed by atoms with Crippen LogP contribution in [0, 0.1) is 56.7 Å². The smallest absolute Gasteiger partial charge is 0.241 e. The topological polar surface area (TPSA) is 112 Å². The Morgan fingerprint density at radius 3 is 1.60 bits per heavy atom. The van der Waals surface area contributed by atoms with Crippen molar-refractivity contribution in [2.75, 3.05) is 0 Å². The number of benzene rings is 1. The van der Waals surface area contributed by atoms with Gasteiger partial charge in [-0.3, -0.25) is 4.79 Å². The van der Waals surface area contributed by atoms with E-state index in [2.05, 4.69) is 51.9 Å². The predicted molar refractivity (Wildman–Crippen MR) is 117 cm³/mol. The maximum absolute atomic E-state index is 11.1. The van der Waals surface area contributed by atoms with Gasteiger partial charge in [-0.25, -0.2) is 6.07 Å². The molecule has 1 aromatic heterocycles. The minimum Gasteiger partial charge on any atom is -0.456 e. The summed E-state index contributed by atoms with van der Waals surface area (Å²) in [6.07, 6.45) is 0.824. The first kappa shape index (κ1) is 30.1. The molecule has 1 heterocycles. The number of rotatable bonds is 2. The normalized spacial score (nSPS) is 23.9. The predicted octanol–water partition coefficient (Wildman–Crippen LogP) is 6.51. The van der Waals surface area contributed by atoms with Crippen LogP contribution in [0.15, 0.2) is 45.6 Å². The van der Waals surface area contributed by atoms with Crippen LogP contribution in [0.1, 0.15) is 47.1 Å². The van der Waals surface area contributed by atoms with Crippen molar-refractivity contribution in [3.8, 4) is 11.3 Å². The molecular formula is C23H33CrN2O4-. The number of hydrogen-bond donors (Lipinski definition) is 2. The Morgan fingerprint density at radius 2 is 1.23 bits per heavy atom. The molecule has 2 aromatic rings. The molecular weight excluding hydrogens is 420 g/mol. The Hall–Kier alpha value is -2.10. The average Bonchev–Trinajstić information content (AvgIpc) is 2.95. The molecule has 0 atom stereocenters. The summed E-state index contributed by atoms with van der Waals surface area (Å²) >= 11 is 0. The van der Waals surface area contributed by atoms with Crippen molar-refractivity contribution in [3.05, 3.63) is 68.3 Å². The second-order valence-electron chi connectivity index (χ2n) is 7.55. The van der Waals surface area contributed by atoms with E-state index in [1.165, 1.54) is 0 Å². The Morgan fingerprint density at radius 1 is 0.833 bits per heavy atom. The first-order valence-electron chi connectivity index (χ1n) is 9.87. The summed E-state index contributed by atoms with van der Waals surface area (Å²) in [6, 6.07) is 13.9. The SMILES string of the molecule is CC1C(C)C(C)C(C)C1C.CCc1c[c-]c(=O)oc1-c1ccccc1.N=O.N=O.[Cr]. The van der Waals surface area contributed by atoms with E-state index < -0.39 is 5.63 Å². The van der Waals surface area contributed by atoms with Gasteiger partial charge in [-0.2, -0.15) is 21.4 Å². The Labute approximate surface area is 190 Å². The summed E-state index contributed by atoms with van der Waals surface area (Å²) in [5.41, 5.74) is 10.5. The minimum atomic E-state index is -0.425. The van der Waals surface area contributed by atoms with Gasteiger partial charge in [-0.1, -0.05) is 89.5 Å². The molecule has 1 fully saturated rings. The summed E-state index contributed by atoms with van der Waals surface area (Å²) in [6.45, 7) is 14.0. The molecule has 1 saturated carbocycles. The third-order valence-electron chi connectivity index (χ3n) is 6.41. The Kier molecular flexibility index (Phi) is 15.8. The van der Waals surface area contributed by atoms with Crippen LogP contribution in [0.2, 0.25) is 0 Å². The molecule has 166 valence electrons. The third kappa shape index (κ3) is 7.97. The van der Waals surface area contributed by atoms with E-state index in [1.807, 2.05) is 37.3 Å². The van der Waals surface area contributed by atoms with Crippen LogP contribution < -0.4 is 5.63 Å². The van der Waals surface area contributed by atoms with E-state index in [-0.39, 0.29) is 17.4 Å². The quantitative estimate of drug-likeness (QED) is 0.398.